The molecule has 1 aliphatic rings. The maximum Gasteiger partial charge on any atom is 0.243 e. The zero-order valence-corrected chi connectivity index (χ0v) is 12.8. The second-order valence-corrected chi connectivity index (χ2v) is 7.64. The molecule has 0 aromatic heterocycles. The monoisotopic (exact) mass is 282 g/mol. The molecule has 19 heavy (non-hydrogen) atoms. The minimum absolute atomic E-state index is 0.353. The van der Waals surface area contributed by atoms with Crippen molar-refractivity contribution < 1.29 is 8.42 Å². The second-order valence-electron chi connectivity index (χ2n) is 5.74. The molecule has 5 heteroatoms. The molecule has 0 radical (unpaired) electrons. The minimum atomic E-state index is -3.43. The first-order valence-corrected chi connectivity index (χ1v) is 8.04. The van der Waals surface area contributed by atoms with Crippen LogP contribution in [0.1, 0.15) is 25.0 Å². The molecule has 2 atom stereocenters. The zero-order chi connectivity index (χ0) is 14.4. The normalized spacial score (nSPS) is 24.8. The summed E-state index contributed by atoms with van der Waals surface area (Å²) >= 11 is 0. The number of hydrogen-bond acceptors (Lipinski definition) is 3. The van der Waals surface area contributed by atoms with E-state index in [0.717, 1.165) is 11.1 Å². The Labute approximate surface area is 115 Å². The number of nitrogen functional groups attached to an aromatic ring is 1. The van der Waals surface area contributed by atoms with E-state index in [9.17, 15) is 8.42 Å². The number of hydrogen-bond donors (Lipinski definition) is 1. The molecule has 1 heterocycles. The van der Waals surface area contributed by atoms with Crippen LogP contribution in [-0.4, -0.2) is 25.8 Å². The fourth-order valence-corrected chi connectivity index (χ4v) is 4.51. The second kappa shape index (κ2) is 4.80. The summed E-state index contributed by atoms with van der Waals surface area (Å²) < 4.78 is 27.0. The Kier molecular flexibility index (Phi) is 3.62. The third kappa shape index (κ3) is 2.49. The smallest absolute Gasteiger partial charge is 0.243 e. The van der Waals surface area contributed by atoms with Crippen molar-refractivity contribution in [3.63, 3.8) is 0 Å². The summed E-state index contributed by atoms with van der Waals surface area (Å²) in [5.41, 5.74) is 8.01. The number of nitrogens with two attached hydrogens (primary N) is 1. The predicted octanol–water partition coefficient (Wildman–Crippen LogP) is 2.16. The molecule has 1 fully saturated rings. The lowest BCUT2D eigenvalue weighted by Crippen LogP contribution is -2.29. The van der Waals surface area contributed by atoms with E-state index in [1.165, 1.54) is 0 Å². The minimum Gasteiger partial charge on any atom is -0.399 e. The largest absolute Gasteiger partial charge is 0.399 e. The first-order valence-electron chi connectivity index (χ1n) is 6.60. The van der Waals surface area contributed by atoms with Crippen molar-refractivity contribution >= 4 is 15.7 Å². The predicted molar refractivity (Wildman–Crippen MR) is 77.4 cm³/mol. The molecule has 0 spiro atoms. The van der Waals surface area contributed by atoms with Gasteiger partial charge in [-0.25, -0.2) is 8.42 Å². The molecule has 2 rings (SSSR count). The van der Waals surface area contributed by atoms with Gasteiger partial charge < -0.3 is 5.73 Å². The number of benzene rings is 1. The van der Waals surface area contributed by atoms with E-state index in [-0.39, 0.29) is 0 Å². The molecule has 0 bridgehead atoms. The standard InChI is InChI=1S/C14H22N2O2S/c1-9-5-13(15)6-14(12(9)4)19(17,18)16-7-10(2)11(3)8-16/h5-6,10-11H,7-8,15H2,1-4H3. The Morgan fingerprint density at radius 3 is 2.21 bits per heavy atom. The van der Waals surface area contributed by atoms with Gasteiger partial charge in [0.1, 0.15) is 0 Å². The molecule has 106 valence electrons. The summed E-state index contributed by atoms with van der Waals surface area (Å²) in [6, 6.07) is 3.38. The number of rotatable bonds is 2. The van der Waals surface area contributed by atoms with Crippen LogP contribution in [0.2, 0.25) is 0 Å². The van der Waals surface area contributed by atoms with E-state index in [1.54, 1.807) is 10.4 Å². The number of anilines is 1. The SMILES string of the molecule is Cc1cc(N)cc(S(=O)(=O)N2CC(C)C(C)C2)c1C. The van der Waals surface area contributed by atoms with E-state index in [4.69, 9.17) is 5.73 Å². The lowest BCUT2D eigenvalue weighted by molar-refractivity contribution is 0.463. The van der Waals surface area contributed by atoms with Gasteiger partial charge in [0.15, 0.2) is 0 Å². The summed E-state index contributed by atoms with van der Waals surface area (Å²) in [5.74, 6) is 0.800. The van der Waals surface area contributed by atoms with Crippen LogP contribution >= 0.6 is 0 Å². The summed E-state index contributed by atoms with van der Waals surface area (Å²) in [5, 5.41) is 0. The van der Waals surface area contributed by atoms with Crippen molar-refractivity contribution in [1.82, 2.24) is 4.31 Å². The Bertz CT molecular complexity index is 586. The van der Waals surface area contributed by atoms with Gasteiger partial charge in [-0.05, 0) is 48.9 Å². The number of sulfonamides is 1. The van der Waals surface area contributed by atoms with Crippen LogP contribution in [-0.2, 0) is 10.0 Å². The summed E-state index contributed by atoms with van der Waals surface area (Å²) in [6.45, 7) is 9.10. The van der Waals surface area contributed by atoms with Gasteiger partial charge in [-0.15, -0.1) is 0 Å². The fraction of sp³-hybridized carbons (Fsp3) is 0.571. The average Bonchev–Trinajstić information content (AvgIpc) is 2.65. The highest BCUT2D eigenvalue weighted by molar-refractivity contribution is 7.89. The van der Waals surface area contributed by atoms with Crippen molar-refractivity contribution in [2.45, 2.75) is 32.6 Å². The van der Waals surface area contributed by atoms with Crippen molar-refractivity contribution in [1.29, 1.82) is 0 Å². The van der Waals surface area contributed by atoms with Gasteiger partial charge in [0.05, 0.1) is 4.90 Å². The fourth-order valence-electron chi connectivity index (χ4n) is 2.53. The Morgan fingerprint density at radius 2 is 1.68 bits per heavy atom. The van der Waals surface area contributed by atoms with Gasteiger partial charge in [-0.3, -0.25) is 0 Å². The van der Waals surface area contributed by atoms with Crippen LogP contribution in [0.3, 0.4) is 0 Å². The van der Waals surface area contributed by atoms with Crippen LogP contribution in [0.25, 0.3) is 0 Å². The molecule has 1 saturated heterocycles. The first-order chi connectivity index (χ1) is 8.73. The van der Waals surface area contributed by atoms with Crippen LogP contribution in [0.15, 0.2) is 17.0 Å². The molecular formula is C14H22N2O2S. The molecular weight excluding hydrogens is 260 g/mol. The molecule has 1 aromatic rings. The topological polar surface area (TPSA) is 63.4 Å². The van der Waals surface area contributed by atoms with Crippen LogP contribution in [0, 0.1) is 25.7 Å². The Morgan fingerprint density at radius 1 is 1.16 bits per heavy atom. The summed E-state index contributed by atoms with van der Waals surface area (Å²) in [4.78, 5) is 0.353. The highest BCUT2D eigenvalue weighted by Crippen LogP contribution is 2.31. The van der Waals surface area contributed by atoms with Crippen LogP contribution in [0.5, 0.6) is 0 Å². The van der Waals surface area contributed by atoms with Gasteiger partial charge in [-0.1, -0.05) is 13.8 Å². The Balaban J connectivity index is 2.46. The molecule has 2 N–H and O–H groups in total. The van der Waals surface area contributed by atoms with Crippen molar-refractivity contribution in [2.24, 2.45) is 11.8 Å². The van der Waals surface area contributed by atoms with E-state index in [0.29, 0.717) is 35.5 Å². The molecule has 2 unspecified atom stereocenters. The van der Waals surface area contributed by atoms with Crippen LogP contribution in [0.4, 0.5) is 5.69 Å². The zero-order valence-electron chi connectivity index (χ0n) is 12.0. The molecule has 1 aromatic carbocycles. The maximum absolute atomic E-state index is 12.7. The van der Waals surface area contributed by atoms with Gasteiger partial charge in [0.2, 0.25) is 10.0 Å². The van der Waals surface area contributed by atoms with Gasteiger partial charge in [-0.2, -0.15) is 4.31 Å². The van der Waals surface area contributed by atoms with Crippen molar-refractivity contribution in [2.75, 3.05) is 18.8 Å². The third-order valence-corrected chi connectivity index (χ3v) is 6.17. The summed E-state index contributed by atoms with van der Waals surface area (Å²) in [7, 11) is -3.43. The van der Waals surface area contributed by atoms with Gasteiger partial charge in [0.25, 0.3) is 0 Å². The van der Waals surface area contributed by atoms with Crippen LogP contribution < -0.4 is 5.73 Å². The maximum atomic E-state index is 12.7. The average molecular weight is 282 g/mol. The van der Waals surface area contributed by atoms with Crippen molar-refractivity contribution in [3.8, 4) is 0 Å². The van der Waals surface area contributed by atoms with E-state index in [2.05, 4.69) is 13.8 Å². The van der Waals surface area contributed by atoms with E-state index in [1.807, 2.05) is 19.9 Å². The lowest BCUT2D eigenvalue weighted by atomic mass is 10.0. The highest BCUT2D eigenvalue weighted by Gasteiger charge is 2.35. The lowest BCUT2D eigenvalue weighted by Gasteiger charge is -2.19. The first kappa shape index (κ1) is 14.3. The number of nitrogens with zero attached hydrogens (tertiary/aromatic N) is 1. The van der Waals surface area contributed by atoms with E-state index >= 15 is 0 Å². The van der Waals surface area contributed by atoms with Gasteiger partial charge in [0, 0.05) is 18.8 Å². The quantitative estimate of drug-likeness (QED) is 0.845. The number of aryl methyl sites for hydroxylation is 1. The molecule has 0 amide bonds. The molecule has 0 aliphatic carbocycles. The van der Waals surface area contributed by atoms with Gasteiger partial charge >= 0.3 is 0 Å². The van der Waals surface area contributed by atoms with E-state index < -0.39 is 10.0 Å². The highest BCUT2D eigenvalue weighted by atomic mass is 32.2. The summed E-state index contributed by atoms with van der Waals surface area (Å²) in [6.07, 6.45) is 0. The molecule has 1 aliphatic heterocycles. The Hall–Kier alpha value is -1.07. The third-order valence-electron chi connectivity index (χ3n) is 4.21. The molecule has 0 saturated carbocycles. The molecule has 4 nitrogen and oxygen atoms in total. The van der Waals surface area contributed by atoms with Crippen molar-refractivity contribution in [3.05, 3.63) is 23.3 Å².